The van der Waals surface area contributed by atoms with Crippen molar-refractivity contribution in [3.05, 3.63) is 0 Å². The minimum absolute atomic E-state index is 0.0362. The molecular weight excluding hydrogens is 354 g/mol. The molecule has 0 aromatic carbocycles. The molecule has 1 unspecified atom stereocenters. The Morgan fingerprint density at radius 2 is 1.75 bits per heavy atom. The zero-order chi connectivity index (χ0) is 19.8. The average Bonchev–Trinajstić information content (AvgIpc) is 2.75. The highest BCUT2D eigenvalue weighted by molar-refractivity contribution is 5.85. The average molecular weight is 394 g/mol. The van der Waals surface area contributed by atoms with Crippen LogP contribution in [0.3, 0.4) is 0 Å². The topological polar surface area (TPSA) is 60.4 Å². The summed E-state index contributed by atoms with van der Waals surface area (Å²) >= 11 is 0. The summed E-state index contributed by atoms with van der Waals surface area (Å²) in [6, 6.07) is 0.773. The number of carbonyl (C=O) groups excluding carboxylic acids is 1. The molecular formula is C21H39N5O2. The van der Waals surface area contributed by atoms with Gasteiger partial charge in [-0.3, -0.25) is 9.69 Å². The number of piperazine rings is 1. The highest BCUT2D eigenvalue weighted by atomic mass is 16.5. The summed E-state index contributed by atoms with van der Waals surface area (Å²) in [4.78, 5) is 23.3. The lowest BCUT2D eigenvalue weighted by atomic mass is 9.94. The second-order valence-corrected chi connectivity index (χ2v) is 8.61. The Kier molecular flexibility index (Phi) is 8.40. The molecule has 0 bridgehead atoms. The molecule has 0 aromatic rings. The second kappa shape index (κ2) is 11.0. The van der Waals surface area contributed by atoms with Crippen LogP contribution in [-0.2, 0) is 9.53 Å². The van der Waals surface area contributed by atoms with Gasteiger partial charge in [-0.1, -0.05) is 19.3 Å². The van der Waals surface area contributed by atoms with E-state index in [0.717, 1.165) is 64.2 Å². The first kappa shape index (κ1) is 21.4. The molecule has 3 fully saturated rings. The van der Waals surface area contributed by atoms with E-state index in [1.807, 2.05) is 0 Å². The van der Waals surface area contributed by atoms with Gasteiger partial charge in [0.1, 0.15) is 6.54 Å². The molecule has 1 saturated carbocycles. The van der Waals surface area contributed by atoms with Gasteiger partial charge in [0.2, 0.25) is 5.91 Å². The quantitative estimate of drug-likeness (QED) is 0.567. The lowest BCUT2D eigenvalue weighted by Gasteiger charge is -2.42. The normalized spacial score (nSPS) is 25.6. The Bertz CT molecular complexity index is 505. The molecule has 1 atom stereocenters. The van der Waals surface area contributed by atoms with Gasteiger partial charge in [0, 0.05) is 59.5 Å². The van der Waals surface area contributed by atoms with E-state index in [0.29, 0.717) is 0 Å². The van der Waals surface area contributed by atoms with E-state index in [-0.39, 0.29) is 18.6 Å². The fourth-order valence-corrected chi connectivity index (χ4v) is 4.47. The Morgan fingerprint density at radius 1 is 1.04 bits per heavy atom. The third-order valence-corrected chi connectivity index (χ3v) is 6.33. The van der Waals surface area contributed by atoms with Crippen molar-refractivity contribution in [3.8, 4) is 0 Å². The summed E-state index contributed by atoms with van der Waals surface area (Å²) < 4.78 is 5.86. The molecule has 3 aliphatic rings. The third-order valence-electron chi connectivity index (χ3n) is 6.33. The molecule has 2 saturated heterocycles. The molecule has 1 amide bonds. The molecule has 28 heavy (non-hydrogen) atoms. The number of hydrogen-bond donors (Lipinski definition) is 1. The number of rotatable bonds is 5. The van der Waals surface area contributed by atoms with Crippen molar-refractivity contribution in [3.63, 3.8) is 0 Å². The number of carbonyl (C=O) groups is 1. The fraction of sp³-hybridized carbons (Fsp3) is 0.905. The van der Waals surface area contributed by atoms with Crippen LogP contribution in [-0.4, -0.2) is 98.7 Å². The van der Waals surface area contributed by atoms with E-state index < -0.39 is 0 Å². The van der Waals surface area contributed by atoms with Crippen LogP contribution in [0.4, 0.5) is 0 Å². The Balaban J connectivity index is 1.54. The van der Waals surface area contributed by atoms with Gasteiger partial charge in [0.05, 0.1) is 6.10 Å². The number of nitrogens with zero attached hydrogens (tertiary/aromatic N) is 4. The number of nitrogens with one attached hydrogen (secondary N) is 1. The van der Waals surface area contributed by atoms with Crippen LogP contribution in [0.5, 0.6) is 0 Å². The van der Waals surface area contributed by atoms with Gasteiger partial charge in [-0.05, 0) is 32.1 Å². The van der Waals surface area contributed by atoms with Crippen molar-refractivity contribution in [1.82, 2.24) is 20.0 Å². The van der Waals surface area contributed by atoms with Crippen LogP contribution < -0.4 is 5.32 Å². The number of likely N-dealkylation sites (N-methyl/N-ethyl adjacent to an activating group) is 1. The summed E-state index contributed by atoms with van der Waals surface area (Å²) in [7, 11) is 3.56. The summed E-state index contributed by atoms with van der Waals surface area (Å²) in [5.74, 6) is 0.904. The van der Waals surface area contributed by atoms with Gasteiger partial charge in [-0.2, -0.15) is 0 Å². The Hall–Kier alpha value is -1.34. The van der Waals surface area contributed by atoms with Crippen molar-refractivity contribution < 1.29 is 9.53 Å². The third kappa shape index (κ3) is 6.34. The SMILES string of the molecule is CN(C)C(=O)CN=C(NCC1CCCCO1)N1CCN(C2CCCCC2)CC1. The van der Waals surface area contributed by atoms with Crippen LogP contribution in [0.15, 0.2) is 4.99 Å². The maximum absolute atomic E-state index is 12.0. The summed E-state index contributed by atoms with van der Waals surface area (Å²) in [5, 5.41) is 3.51. The largest absolute Gasteiger partial charge is 0.376 e. The number of amides is 1. The summed E-state index contributed by atoms with van der Waals surface area (Å²) in [6.45, 7) is 5.97. The van der Waals surface area contributed by atoms with E-state index in [2.05, 4.69) is 20.1 Å². The first-order chi connectivity index (χ1) is 13.6. The first-order valence-corrected chi connectivity index (χ1v) is 11.2. The monoisotopic (exact) mass is 393 g/mol. The smallest absolute Gasteiger partial charge is 0.243 e. The molecule has 0 spiro atoms. The standard InChI is InChI=1S/C21H39N5O2/c1-24(2)20(27)17-23-21(22-16-19-10-6-7-15-28-19)26-13-11-25(12-14-26)18-8-4-3-5-9-18/h18-19H,3-17H2,1-2H3,(H,22,23). The second-order valence-electron chi connectivity index (χ2n) is 8.61. The lowest BCUT2D eigenvalue weighted by molar-refractivity contribution is -0.127. The van der Waals surface area contributed by atoms with E-state index in [4.69, 9.17) is 4.74 Å². The van der Waals surface area contributed by atoms with Gasteiger partial charge in [-0.25, -0.2) is 4.99 Å². The summed E-state index contributed by atoms with van der Waals surface area (Å²) in [6.07, 6.45) is 10.6. The van der Waals surface area contributed by atoms with E-state index in [1.54, 1.807) is 19.0 Å². The predicted molar refractivity (Wildman–Crippen MR) is 113 cm³/mol. The number of hydrogen-bond acceptors (Lipinski definition) is 4. The van der Waals surface area contributed by atoms with Crippen LogP contribution in [0.25, 0.3) is 0 Å². The molecule has 0 radical (unpaired) electrons. The molecule has 7 nitrogen and oxygen atoms in total. The maximum atomic E-state index is 12.0. The molecule has 3 rings (SSSR count). The van der Waals surface area contributed by atoms with Gasteiger partial charge in [0.15, 0.2) is 5.96 Å². The number of aliphatic imine (C=N–C) groups is 1. The van der Waals surface area contributed by atoms with Crippen molar-refractivity contribution in [2.24, 2.45) is 4.99 Å². The highest BCUT2D eigenvalue weighted by Crippen LogP contribution is 2.23. The van der Waals surface area contributed by atoms with E-state index >= 15 is 0 Å². The van der Waals surface area contributed by atoms with Gasteiger partial charge >= 0.3 is 0 Å². The molecule has 160 valence electrons. The van der Waals surface area contributed by atoms with E-state index in [1.165, 1.54) is 38.5 Å². The lowest BCUT2D eigenvalue weighted by Crippen LogP contribution is -2.55. The van der Waals surface area contributed by atoms with Gasteiger partial charge < -0.3 is 19.9 Å². The molecule has 0 aromatic heterocycles. The minimum atomic E-state index is 0.0362. The number of guanidine groups is 1. The Morgan fingerprint density at radius 3 is 2.39 bits per heavy atom. The van der Waals surface area contributed by atoms with Crippen molar-refractivity contribution >= 4 is 11.9 Å². The minimum Gasteiger partial charge on any atom is -0.376 e. The molecule has 1 aliphatic carbocycles. The van der Waals surface area contributed by atoms with Gasteiger partial charge in [0.25, 0.3) is 0 Å². The first-order valence-electron chi connectivity index (χ1n) is 11.2. The highest BCUT2D eigenvalue weighted by Gasteiger charge is 2.27. The summed E-state index contributed by atoms with van der Waals surface area (Å²) in [5.41, 5.74) is 0. The van der Waals surface area contributed by atoms with Crippen LogP contribution >= 0.6 is 0 Å². The molecule has 7 heteroatoms. The molecule has 1 N–H and O–H groups in total. The van der Waals surface area contributed by atoms with Crippen LogP contribution in [0.1, 0.15) is 51.4 Å². The fourth-order valence-electron chi connectivity index (χ4n) is 4.47. The van der Waals surface area contributed by atoms with Gasteiger partial charge in [-0.15, -0.1) is 0 Å². The van der Waals surface area contributed by atoms with Crippen LogP contribution in [0, 0.1) is 0 Å². The predicted octanol–water partition coefficient (Wildman–Crippen LogP) is 1.54. The Labute approximate surface area is 170 Å². The van der Waals surface area contributed by atoms with Crippen molar-refractivity contribution in [2.45, 2.75) is 63.5 Å². The van der Waals surface area contributed by atoms with Crippen LogP contribution in [0.2, 0.25) is 0 Å². The molecule has 2 aliphatic heterocycles. The number of ether oxygens (including phenoxy) is 1. The zero-order valence-electron chi connectivity index (χ0n) is 17.9. The maximum Gasteiger partial charge on any atom is 0.243 e. The van der Waals surface area contributed by atoms with E-state index in [9.17, 15) is 4.79 Å². The van der Waals surface area contributed by atoms with Crippen molar-refractivity contribution in [2.75, 3.05) is 60.0 Å². The zero-order valence-corrected chi connectivity index (χ0v) is 17.9. The van der Waals surface area contributed by atoms with Crippen molar-refractivity contribution in [1.29, 1.82) is 0 Å². The molecule has 2 heterocycles.